The van der Waals surface area contributed by atoms with Gasteiger partial charge in [-0.05, 0) is 22.8 Å². The van der Waals surface area contributed by atoms with E-state index in [0.717, 1.165) is 24.2 Å². The van der Waals surface area contributed by atoms with Crippen LogP contribution in [0.4, 0.5) is 0 Å². The monoisotopic (exact) mass is 268 g/mol. The van der Waals surface area contributed by atoms with E-state index < -0.39 is 0 Å². The van der Waals surface area contributed by atoms with Gasteiger partial charge in [-0.2, -0.15) is 0 Å². The minimum absolute atomic E-state index is 0.454. The van der Waals surface area contributed by atoms with Gasteiger partial charge in [0.25, 0.3) is 0 Å². The molecule has 1 aliphatic rings. The van der Waals surface area contributed by atoms with Gasteiger partial charge in [0.2, 0.25) is 0 Å². The molecule has 1 aliphatic heterocycles. The average molecular weight is 268 g/mol. The number of nitrogens with one attached hydrogen (secondary N) is 2. The molecule has 0 saturated carbocycles. The Morgan fingerprint density at radius 3 is 2.35 bits per heavy atom. The summed E-state index contributed by atoms with van der Waals surface area (Å²) in [5, 5.41) is 16.2. The van der Waals surface area contributed by atoms with E-state index in [1.807, 2.05) is 30.3 Å². The van der Waals surface area contributed by atoms with Gasteiger partial charge in [-0.1, -0.05) is 53.3 Å². The van der Waals surface area contributed by atoms with E-state index in [2.05, 4.69) is 34.9 Å². The van der Waals surface area contributed by atoms with Crippen LogP contribution in [0.5, 0.6) is 0 Å². The molecule has 0 unspecified atom stereocenters. The Morgan fingerprint density at radius 2 is 1.60 bits per heavy atom. The Kier molecular flexibility index (Phi) is 3.54. The number of hydroxylamine groups is 1. The number of hydrogen-bond acceptors (Lipinski definition) is 1. The van der Waals surface area contributed by atoms with Crippen LogP contribution in [0, 0.1) is 0 Å². The second-order valence-corrected chi connectivity index (χ2v) is 4.83. The van der Waals surface area contributed by atoms with Gasteiger partial charge in [0.1, 0.15) is 6.54 Å². The van der Waals surface area contributed by atoms with E-state index in [1.165, 1.54) is 10.3 Å². The fraction of sp³-hybridized carbons (Fsp3) is 0.188. The van der Waals surface area contributed by atoms with Gasteiger partial charge in [0.15, 0.2) is 0 Å². The number of benzene rings is 2. The van der Waals surface area contributed by atoms with E-state index in [0.29, 0.717) is 12.5 Å². The second-order valence-electron chi connectivity index (χ2n) is 4.83. The van der Waals surface area contributed by atoms with Crippen molar-refractivity contribution in [3.63, 3.8) is 0 Å². The summed E-state index contributed by atoms with van der Waals surface area (Å²) in [6, 6.07) is 18.5. The summed E-state index contributed by atoms with van der Waals surface area (Å²) < 4.78 is 1.22. The minimum Gasteiger partial charge on any atom is -0.376 e. The van der Waals surface area contributed by atoms with Gasteiger partial charge < -0.3 is 5.21 Å². The lowest BCUT2D eigenvalue weighted by Gasteiger charge is -2.06. The normalized spacial score (nSPS) is 13.7. The van der Waals surface area contributed by atoms with E-state index in [4.69, 9.17) is 0 Å². The van der Waals surface area contributed by atoms with Crippen molar-refractivity contribution < 1.29 is 9.95 Å². The van der Waals surface area contributed by atoms with Crippen molar-refractivity contribution in [1.29, 1.82) is 0 Å². The Hall–Kier alpha value is -2.49. The standard InChI is InChI=1S/C16H17N3O/c20-19(16-17-9-10-18-16)12-13-5-4-8-15(11-13)14-6-2-1-3-7-14/h1-8,11,20H,9-10,12H2,(H,17,18)/p+1. The molecule has 3 N–H and O–H groups in total. The predicted molar refractivity (Wildman–Crippen MR) is 78.6 cm³/mol. The van der Waals surface area contributed by atoms with Gasteiger partial charge in [0, 0.05) is 0 Å². The topological polar surface area (TPSA) is 47.3 Å². The van der Waals surface area contributed by atoms with Gasteiger partial charge >= 0.3 is 5.96 Å². The van der Waals surface area contributed by atoms with Crippen molar-refractivity contribution in [3.8, 4) is 11.1 Å². The van der Waals surface area contributed by atoms with Gasteiger partial charge in [-0.25, -0.2) is 0 Å². The Morgan fingerprint density at radius 1 is 0.900 bits per heavy atom. The summed E-state index contributed by atoms with van der Waals surface area (Å²) in [6.07, 6.45) is 0. The zero-order chi connectivity index (χ0) is 13.8. The van der Waals surface area contributed by atoms with Crippen molar-refractivity contribution in [2.75, 3.05) is 13.1 Å². The molecule has 0 aromatic heterocycles. The lowest BCUT2D eigenvalue weighted by atomic mass is 10.0. The molecule has 0 spiro atoms. The van der Waals surface area contributed by atoms with Crippen LogP contribution in [0.25, 0.3) is 11.1 Å². The molecule has 2 aromatic carbocycles. The Labute approximate surface area is 118 Å². The molecule has 20 heavy (non-hydrogen) atoms. The van der Waals surface area contributed by atoms with Crippen LogP contribution in [0.3, 0.4) is 0 Å². The first-order valence-corrected chi connectivity index (χ1v) is 6.78. The molecule has 0 amide bonds. The summed E-state index contributed by atoms with van der Waals surface area (Å²) in [7, 11) is 0. The highest BCUT2D eigenvalue weighted by atomic mass is 16.5. The first-order chi connectivity index (χ1) is 9.83. The molecular weight excluding hydrogens is 250 g/mol. The van der Waals surface area contributed by atoms with Gasteiger partial charge in [-0.3, -0.25) is 10.6 Å². The fourth-order valence-corrected chi connectivity index (χ4v) is 2.34. The third-order valence-electron chi connectivity index (χ3n) is 3.33. The highest BCUT2D eigenvalue weighted by Gasteiger charge is 2.17. The maximum atomic E-state index is 10.0. The van der Waals surface area contributed by atoms with Crippen LogP contribution in [0.2, 0.25) is 0 Å². The SMILES string of the molecule is O[N+](Cc1cccc(-c2ccccc2)c1)=C1NCCN1. The van der Waals surface area contributed by atoms with Crippen molar-refractivity contribution in [1.82, 2.24) is 10.6 Å². The van der Waals surface area contributed by atoms with Crippen molar-refractivity contribution >= 4 is 5.96 Å². The van der Waals surface area contributed by atoms with Crippen LogP contribution < -0.4 is 10.6 Å². The number of nitrogens with zero attached hydrogens (tertiary/aromatic N) is 1. The maximum Gasteiger partial charge on any atom is 0.382 e. The molecule has 1 fully saturated rings. The summed E-state index contributed by atoms with van der Waals surface area (Å²) in [5.74, 6) is 0.676. The quantitative estimate of drug-likeness (QED) is 0.452. The van der Waals surface area contributed by atoms with Crippen molar-refractivity contribution in [2.45, 2.75) is 6.54 Å². The largest absolute Gasteiger partial charge is 0.382 e. The lowest BCUT2D eigenvalue weighted by Crippen LogP contribution is -2.34. The molecule has 1 saturated heterocycles. The molecule has 0 radical (unpaired) electrons. The van der Waals surface area contributed by atoms with E-state index >= 15 is 0 Å². The van der Waals surface area contributed by atoms with Crippen LogP contribution in [0.15, 0.2) is 54.6 Å². The molecule has 3 rings (SSSR count). The van der Waals surface area contributed by atoms with Crippen LogP contribution in [-0.4, -0.2) is 29.0 Å². The number of guanidine groups is 1. The van der Waals surface area contributed by atoms with Gasteiger partial charge in [0.05, 0.1) is 13.1 Å². The zero-order valence-electron chi connectivity index (χ0n) is 11.2. The summed E-state index contributed by atoms with van der Waals surface area (Å²) >= 11 is 0. The van der Waals surface area contributed by atoms with E-state index in [1.54, 1.807) is 0 Å². The first kappa shape index (κ1) is 12.5. The maximum absolute atomic E-state index is 10.0. The highest BCUT2D eigenvalue weighted by molar-refractivity contribution is 5.76. The van der Waals surface area contributed by atoms with Crippen LogP contribution in [0.1, 0.15) is 5.56 Å². The highest BCUT2D eigenvalue weighted by Crippen LogP contribution is 2.20. The molecule has 4 nitrogen and oxygen atoms in total. The summed E-state index contributed by atoms with van der Waals surface area (Å²) in [4.78, 5) is 0. The smallest absolute Gasteiger partial charge is 0.376 e. The Balaban J connectivity index is 1.83. The van der Waals surface area contributed by atoms with Crippen LogP contribution in [-0.2, 0) is 6.54 Å². The summed E-state index contributed by atoms with van der Waals surface area (Å²) in [6.45, 7) is 2.14. The number of hydrogen-bond donors (Lipinski definition) is 3. The number of rotatable bonds is 3. The Bertz CT molecular complexity index is 615. The van der Waals surface area contributed by atoms with Crippen molar-refractivity contribution in [3.05, 3.63) is 60.2 Å². The van der Waals surface area contributed by atoms with Crippen molar-refractivity contribution in [2.24, 2.45) is 0 Å². The fourth-order valence-electron chi connectivity index (χ4n) is 2.34. The molecule has 0 atom stereocenters. The molecule has 1 heterocycles. The average Bonchev–Trinajstić information content (AvgIpc) is 3.03. The summed E-state index contributed by atoms with van der Waals surface area (Å²) in [5.41, 5.74) is 3.41. The zero-order valence-corrected chi connectivity index (χ0v) is 11.2. The van der Waals surface area contributed by atoms with E-state index in [9.17, 15) is 5.21 Å². The predicted octanol–water partition coefficient (Wildman–Crippen LogP) is 1.80. The van der Waals surface area contributed by atoms with Crippen LogP contribution >= 0.6 is 0 Å². The molecule has 0 aliphatic carbocycles. The first-order valence-electron chi connectivity index (χ1n) is 6.78. The molecule has 4 heteroatoms. The van der Waals surface area contributed by atoms with Gasteiger partial charge in [-0.15, -0.1) is 0 Å². The lowest BCUT2D eigenvalue weighted by molar-refractivity contribution is -0.788. The third kappa shape index (κ3) is 2.74. The molecule has 2 aromatic rings. The van der Waals surface area contributed by atoms with E-state index in [-0.39, 0.29) is 0 Å². The molecule has 0 bridgehead atoms. The second kappa shape index (κ2) is 5.65. The third-order valence-corrected chi connectivity index (χ3v) is 3.33. The molecular formula is C16H18N3O+. The minimum atomic E-state index is 0.454. The molecule has 102 valence electrons.